The van der Waals surface area contributed by atoms with E-state index in [2.05, 4.69) is 41.5 Å². The summed E-state index contributed by atoms with van der Waals surface area (Å²) >= 11 is 1.76. The minimum atomic E-state index is 0.299. The Morgan fingerprint density at radius 3 is 2.50 bits per heavy atom. The lowest BCUT2D eigenvalue weighted by Gasteiger charge is -2.26. The first-order valence-electron chi connectivity index (χ1n) is 9.33. The lowest BCUT2D eigenvalue weighted by atomic mass is 10.1. The Labute approximate surface area is 172 Å². The summed E-state index contributed by atoms with van der Waals surface area (Å²) in [6.45, 7) is 8.65. The maximum atomic E-state index is 9.44. The molecule has 3 rings (SSSR count). The van der Waals surface area contributed by atoms with Gasteiger partial charge in [-0.1, -0.05) is 36.4 Å². The van der Waals surface area contributed by atoms with Gasteiger partial charge < -0.3 is 14.7 Å². The van der Waals surface area contributed by atoms with Gasteiger partial charge in [-0.05, 0) is 38.0 Å². The molecule has 0 aliphatic carbocycles. The highest BCUT2D eigenvalue weighted by atomic mass is 32.1. The zero-order valence-electron chi connectivity index (χ0n) is 16.8. The molecule has 2 heterocycles. The molecule has 28 heavy (non-hydrogen) atoms. The molecule has 1 fully saturated rings. The minimum absolute atomic E-state index is 0.299. The van der Waals surface area contributed by atoms with Crippen LogP contribution in [0.2, 0.25) is 0 Å². The van der Waals surface area contributed by atoms with Crippen LogP contribution in [0.5, 0.6) is 0 Å². The van der Waals surface area contributed by atoms with E-state index < -0.39 is 0 Å². The number of nitrogens with zero attached hydrogens (tertiary/aromatic N) is 2. The van der Waals surface area contributed by atoms with Gasteiger partial charge in [0.2, 0.25) is 0 Å². The number of morpholine rings is 1. The van der Waals surface area contributed by atoms with Crippen molar-refractivity contribution in [2.24, 2.45) is 0 Å². The molecule has 4 nitrogen and oxygen atoms in total. The Hall–Kier alpha value is -2.55. The summed E-state index contributed by atoms with van der Waals surface area (Å²) < 4.78 is 5.45. The first kappa shape index (κ1) is 21.7. The molecule has 0 unspecified atom stereocenters. The molecule has 1 aliphatic rings. The van der Waals surface area contributed by atoms with Crippen molar-refractivity contribution in [1.29, 1.82) is 0 Å². The van der Waals surface area contributed by atoms with Gasteiger partial charge in [-0.25, -0.2) is 4.98 Å². The Morgan fingerprint density at radius 2 is 1.89 bits per heavy atom. The third-order valence-electron chi connectivity index (χ3n) is 4.12. The number of hydrogen-bond donors (Lipinski definition) is 1. The predicted molar refractivity (Wildman–Crippen MR) is 119 cm³/mol. The van der Waals surface area contributed by atoms with Gasteiger partial charge in [-0.3, -0.25) is 0 Å². The van der Waals surface area contributed by atoms with Gasteiger partial charge in [0, 0.05) is 24.4 Å². The molecule has 1 aromatic heterocycles. The number of terminal acetylenes is 1. The smallest absolute Gasteiger partial charge is 0.186 e. The van der Waals surface area contributed by atoms with E-state index in [-0.39, 0.29) is 0 Å². The van der Waals surface area contributed by atoms with E-state index in [1.54, 1.807) is 31.3 Å². The predicted octanol–water partition coefficient (Wildman–Crippen LogP) is 5.08. The molecule has 1 aromatic carbocycles. The second-order valence-electron chi connectivity index (χ2n) is 6.48. The van der Waals surface area contributed by atoms with Crippen molar-refractivity contribution in [2.75, 3.05) is 31.2 Å². The average Bonchev–Trinajstić information content (AvgIpc) is 3.12. The maximum absolute atomic E-state index is 9.44. The van der Waals surface area contributed by atoms with Crippen molar-refractivity contribution >= 4 is 22.0 Å². The van der Waals surface area contributed by atoms with Gasteiger partial charge in [-0.2, -0.15) is 0 Å². The summed E-state index contributed by atoms with van der Waals surface area (Å²) in [6.07, 6.45) is 9.11. The molecule has 5 heteroatoms. The number of aliphatic hydroxyl groups excluding tert-OH is 1. The van der Waals surface area contributed by atoms with Crippen LogP contribution in [0.4, 0.5) is 5.13 Å². The lowest BCUT2D eigenvalue weighted by molar-refractivity contribution is 0.122. The van der Waals surface area contributed by atoms with Crippen molar-refractivity contribution < 1.29 is 9.84 Å². The average molecular weight is 397 g/mol. The van der Waals surface area contributed by atoms with Gasteiger partial charge in [0.15, 0.2) is 5.13 Å². The van der Waals surface area contributed by atoms with Crippen LogP contribution in [0.1, 0.15) is 36.9 Å². The summed E-state index contributed by atoms with van der Waals surface area (Å²) in [6, 6.07) is 10.5. The summed E-state index contributed by atoms with van der Waals surface area (Å²) in [7, 11) is 0. The Morgan fingerprint density at radius 1 is 1.25 bits per heavy atom. The van der Waals surface area contributed by atoms with Crippen LogP contribution in [-0.2, 0) is 11.2 Å². The number of benzene rings is 1. The van der Waals surface area contributed by atoms with Crippen LogP contribution in [0.3, 0.4) is 0 Å². The maximum Gasteiger partial charge on any atom is 0.186 e. The Kier molecular flexibility index (Phi) is 8.80. The second kappa shape index (κ2) is 11.3. The van der Waals surface area contributed by atoms with E-state index in [4.69, 9.17) is 9.72 Å². The third kappa shape index (κ3) is 6.56. The van der Waals surface area contributed by atoms with Gasteiger partial charge in [0.25, 0.3) is 0 Å². The van der Waals surface area contributed by atoms with Crippen LogP contribution >= 0.6 is 11.3 Å². The fourth-order valence-electron chi connectivity index (χ4n) is 2.76. The van der Waals surface area contributed by atoms with Crippen LogP contribution < -0.4 is 4.90 Å². The highest BCUT2D eigenvalue weighted by molar-refractivity contribution is 7.15. The van der Waals surface area contributed by atoms with Crippen molar-refractivity contribution in [3.05, 3.63) is 64.4 Å². The highest BCUT2D eigenvalue weighted by Crippen LogP contribution is 2.32. The molecule has 0 bridgehead atoms. The molecule has 0 amide bonds. The number of aromatic nitrogens is 1. The molecule has 0 atom stereocenters. The SMILES string of the molecule is C#CC.C/C(O)=C\C=C(/C)c1nc(N2CCOCC2)sc1Cc1ccccc1. The van der Waals surface area contributed by atoms with Crippen LogP contribution in [-0.4, -0.2) is 36.4 Å². The number of rotatable bonds is 5. The van der Waals surface area contributed by atoms with E-state index in [1.165, 1.54) is 10.4 Å². The largest absolute Gasteiger partial charge is 0.513 e. The summed E-state index contributed by atoms with van der Waals surface area (Å²) in [4.78, 5) is 8.47. The van der Waals surface area contributed by atoms with Gasteiger partial charge in [0.05, 0.1) is 24.7 Å². The normalized spacial score (nSPS) is 14.9. The first-order chi connectivity index (χ1) is 13.5. The number of aliphatic hydroxyl groups is 1. The van der Waals surface area contributed by atoms with Crippen molar-refractivity contribution in [3.63, 3.8) is 0 Å². The topological polar surface area (TPSA) is 45.6 Å². The van der Waals surface area contributed by atoms with Crippen LogP contribution in [0.25, 0.3) is 5.57 Å². The zero-order chi connectivity index (χ0) is 20.4. The molecule has 1 saturated heterocycles. The number of allylic oxidation sites excluding steroid dienone is 4. The van der Waals surface area contributed by atoms with E-state index in [0.29, 0.717) is 5.76 Å². The van der Waals surface area contributed by atoms with Crippen molar-refractivity contribution in [2.45, 2.75) is 27.2 Å². The summed E-state index contributed by atoms with van der Waals surface area (Å²) in [5, 5.41) is 10.5. The number of ether oxygens (including phenoxy) is 1. The number of thiazole rings is 1. The van der Waals surface area contributed by atoms with Crippen LogP contribution in [0.15, 0.2) is 48.2 Å². The molecule has 148 valence electrons. The lowest BCUT2D eigenvalue weighted by Crippen LogP contribution is -2.36. The van der Waals surface area contributed by atoms with E-state index >= 15 is 0 Å². The molecular weight excluding hydrogens is 368 g/mol. The van der Waals surface area contributed by atoms with Crippen molar-refractivity contribution in [3.8, 4) is 12.3 Å². The van der Waals surface area contributed by atoms with Gasteiger partial charge in [0.1, 0.15) is 0 Å². The first-order valence-corrected chi connectivity index (χ1v) is 10.1. The molecule has 2 aromatic rings. The van der Waals surface area contributed by atoms with E-state index in [0.717, 1.165) is 49.1 Å². The third-order valence-corrected chi connectivity index (χ3v) is 5.24. The molecular formula is C23H28N2O2S. The second-order valence-corrected chi connectivity index (χ2v) is 7.54. The molecule has 1 N–H and O–H groups in total. The monoisotopic (exact) mass is 396 g/mol. The van der Waals surface area contributed by atoms with Gasteiger partial charge in [-0.15, -0.1) is 23.7 Å². The Bertz CT molecular complexity index is 837. The fourth-order valence-corrected chi connectivity index (χ4v) is 3.97. The van der Waals surface area contributed by atoms with Gasteiger partial charge >= 0.3 is 0 Å². The summed E-state index contributed by atoms with van der Waals surface area (Å²) in [5.41, 5.74) is 3.37. The molecule has 0 saturated carbocycles. The molecule has 1 aliphatic heterocycles. The standard InChI is InChI=1S/C20H24N2O2S.C3H4/c1-15(8-9-16(2)23)19-18(14-17-6-4-3-5-7-17)25-20(21-19)22-10-12-24-13-11-22;1-3-2/h3-9,23H,10-14H2,1-2H3;1H,2H3/b15-8+,16-9+;. The van der Waals surface area contributed by atoms with E-state index in [9.17, 15) is 5.11 Å². The fraction of sp³-hybridized carbons (Fsp3) is 0.348. The Balaban J connectivity index is 0.000000878. The van der Waals surface area contributed by atoms with Crippen LogP contribution in [0, 0.1) is 12.3 Å². The zero-order valence-corrected chi connectivity index (χ0v) is 17.6. The highest BCUT2D eigenvalue weighted by Gasteiger charge is 2.19. The quantitative estimate of drug-likeness (QED) is 0.435. The number of hydrogen-bond acceptors (Lipinski definition) is 5. The number of anilines is 1. The molecule has 0 radical (unpaired) electrons. The molecule has 0 spiro atoms. The van der Waals surface area contributed by atoms with E-state index in [1.807, 2.05) is 19.1 Å². The van der Waals surface area contributed by atoms with Crippen molar-refractivity contribution in [1.82, 2.24) is 4.98 Å². The summed E-state index contributed by atoms with van der Waals surface area (Å²) in [5.74, 6) is 2.55. The minimum Gasteiger partial charge on any atom is -0.513 e.